The quantitative estimate of drug-likeness (QED) is 0.738. The lowest BCUT2D eigenvalue weighted by molar-refractivity contribution is -0.121. The van der Waals surface area contributed by atoms with Gasteiger partial charge in [0.15, 0.2) is 0 Å². The monoisotopic (exact) mass is 266 g/mol. The van der Waals surface area contributed by atoms with Crippen molar-refractivity contribution in [2.45, 2.75) is 19.5 Å². The fourth-order valence-electron chi connectivity index (χ4n) is 1.40. The molecule has 0 bridgehead atoms. The minimum absolute atomic E-state index is 0.0972. The van der Waals surface area contributed by atoms with Crippen molar-refractivity contribution in [2.24, 2.45) is 5.73 Å². The molecule has 2 aromatic rings. The maximum Gasteiger partial charge on any atom is 0.241 e. The van der Waals surface area contributed by atoms with E-state index in [9.17, 15) is 4.79 Å². The number of rotatable bonds is 6. The Morgan fingerprint density at radius 3 is 3.11 bits per heavy atom. The lowest BCUT2D eigenvalue weighted by Gasteiger charge is -2.03. The number of thiazole rings is 1. The zero-order valence-corrected chi connectivity index (χ0v) is 10.6. The first-order valence-corrected chi connectivity index (χ1v) is 6.40. The molecular weight excluding hydrogens is 252 g/mol. The highest BCUT2D eigenvalue weighted by Gasteiger charge is 2.05. The Kier molecular flexibility index (Phi) is 4.37. The van der Waals surface area contributed by atoms with Gasteiger partial charge in [0.05, 0.1) is 16.9 Å². The van der Waals surface area contributed by atoms with Gasteiger partial charge in [0.2, 0.25) is 5.91 Å². The van der Waals surface area contributed by atoms with E-state index in [0.717, 1.165) is 11.4 Å². The summed E-state index contributed by atoms with van der Waals surface area (Å²) in [5, 5.41) is 13.3. The Labute approximate surface area is 108 Å². The molecule has 8 heteroatoms. The average molecular weight is 266 g/mol. The van der Waals surface area contributed by atoms with Crippen LogP contribution < -0.4 is 11.1 Å². The molecule has 0 aliphatic rings. The number of nitrogens with one attached hydrogen (secondary N) is 1. The van der Waals surface area contributed by atoms with E-state index in [-0.39, 0.29) is 12.5 Å². The molecule has 0 atom stereocenters. The molecule has 7 nitrogen and oxygen atoms in total. The summed E-state index contributed by atoms with van der Waals surface area (Å²) in [7, 11) is 0. The van der Waals surface area contributed by atoms with Crippen LogP contribution in [0.4, 0.5) is 0 Å². The number of nitrogens with zero attached hydrogens (tertiary/aromatic N) is 4. The fraction of sp³-hybridized carbons (Fsp3) is 0.400. The normalized spacial score (nSPS) is 10.5. The summed E-state index contributed by atoms with van der Waals surface area (Å²) in [4.78, 5) is 15.7. The number of amides is 1. The molecule has 3 N–H and O–H groups in total. The van der Waals surface area contributed by atoms with Crippen LogP contribution in [0.5, 0.6) is 0 Å². The van der Waals surface area contributed by atoms with Gasteiger partial charge in [-0.25, -0.2) is 9.67 Å². The van der Waals surface area contributed by atoms with Crippen molar-refractivity contribution in [1.29, 1.82) is 0 Å². The molecular formula is C10H14N6OS. The predicted molar refractivity (Wildman–Crippen MR) is 66.7 cm³/mol. The van der Waals surface area contributed by atoms with Crippen LogP contribution in [0, 0.1) is 0 Å². The number of aromatic nitrogens is 4. The topological polar surface area (TPSA) is 98.7 Å². The Morgan fingerprint density at radius 1 is 1.56 bits per heavy atom. The Hall–Kier alpha value is -1.80. The third-order valence-electron chi connectivity index (χ3n) is 2.25. The molecule has 1 amide bonds. The summed E-state index contributed by atoms with van der Waals surface area (Å²) < 4.78 is 1.47. The molecule has 18 heavy (non-hydrogen) atoms. The summed E-state index contributed by atoms with van der Waals surface area (Å²) >= 11 is 1.58. The molecule has 0 spiro atoms. The van der Waals surface area contributed by atoms with Gasteiger partial charge in [-0.1, -0.05) is 5.21 Å². The second kappa shape index (κ2) is 6.22. The molecule has 0 aromatic carbocycles. The molecule has 0 aliphatic heterocycles. The number of carbonyl (C=O) groups is 1. The Bertz CT molecular complexity index is 494. The number of hydrogen-bond donors (Lipinski definition) is 2. The molecule has 0 saturated heterocycles. The van der Waals surface area contributed by atoms with E-state index in [1.54, 1.807) is 23.7 Å². The van der Waals surface area contributed by atoms with Gasteiger partial charge < -0.3 is 11.1 Å². The van der Waals surface area contributed by atoms with Crippen molar-refractivity contribution >= 4 is 17.2 Å². The maximum atomic E-state index is 11.6. The summed E-state index contributed by atoms with van der Waals surface area (Å²) in [6.45, 7) is 1.06. The van der Waals surface area contributed by atoms with E-state index < -0.39 is 0 Å². The molecule has 0 unspecified atom stereocenters. The SMILES string of the molecule is NCc1cn(CC(=O)NCCc2nccs2)nn1. The summed E-state index contributed by atoms with van der Waals surface area (Å²) in [6.07, 6.45) is 4.17. The Morgan fingerprint density at radius 2 is 2.44 bits per heavy atom. The van der Waals surface area contributed by atoms with Gasteiger partial charge in [0.1, 0.15) is 6.54 Å². The highest BCUT2D eigenvalue weighted by molar-refractivity contribution is 7.09. The standard InChI is InChI=1S/C10H14N6OS/c11-5-8-6-16(15-14-8)7-9(17)12-2-1-10-13-3-4-18-10/h3-4,6H,1-2,5,7,11H2,(H,12,17). The van der Waals surface area contributed by atoms with E-state index in [1.165, 1.54) is 4.68 Å². The summed E-state index contributed by atoms with van der Waals surface area (Å²) in [5.41, 5.74) is 6.08. The van der Waals surface area contributed by atoms with Gasteiger partial charge in [0, 0.05) is 31.1 Å². The van der Waals surface area contributed by atoms with Crippen molar-refractivity contribution < 1.29 is 4.79 Å². The number of hydrogen-bond acceptors (Lipinski definition) is 6. The van der Waals surface area contributed by atoms with Crippen LogP contribution in [0.1, 0.15) is 10.7 Å². The number of nitrogens with two attached hydrogens (primary N) is 1. The van der Waals surface area contributed by atoms with E-state index in [4.69, 9.17) is 5.73 Å². The third kappa shape index (κ3) is 3.60. The third-order valence-corrected chi connectivity index (χ3v) is 3.08. The molecule has 0 radical (unpaired) electrons. The largest absolute Gasteiger partial charge is 0.354 e. The molecule has 0 aliphatic carbocycles. The lowest BCUT2D eigenvalue weighted by Crippen LogP contribution is -2.29. The zero-order valence-electron chi connectivity index (χ0n) is 9.74. The van der Waals surface area contributed by atoms with Crippen LogP contribution in [0.15, 0.2) is 17.8 Å². The van der Waals surface area contributed by atoms with Gasteiger partial charge in [-0.15, -0.1) is 16.4 Å². The highest BCUT2D eigenvalue weighted by Crippen LogP contribution is 2.03. The fourth-order valence-corrected chi connectivity index (χ4v) is 2.02. The Balaban J connectivity index is 1.71. The van der Waals surface area contributed by atoms with Crippen LogP contribution in [-0.4, -0.2) is 32.4 Å². The lowest BCUT2D eigenvalue weighted by atomic mass is 10.4. The molecule has 96 valence electrons. The van der Waals surface area contributed by atoms with Crippen molar-refractivity contribution in [2.75, 3.05) is 6.54 Å². The molecule has 0 saturated carbocycles. The second-order valence-electron chi connectivity index (χ2n) is 3.64. The van der Waals surface area contributed by atoms with Crippen LogP contribution in [0.2, 0.25) is 0 Å². The van der Waals surface area contributed by atoms with Gasteiger partial charge in [-0.05, 0) is 0 Å². The van der Waals surface area contributed by atoms with Crippen molar-refractivity contribution in [3.8, 4) is 0 Å². The molecule has 0 fully saturated rings. The first kappa shape index (κ1) is 12.7. The van der Waals surface area contributed by atoms with E-state index >= 15 is 0 Å². The van der Waals surface area contributed by atoms with Gasteiger partial charge >= 0.3 is 0 Å². The van der Waals surface area contributed by atoms with E-state index in [2.05, 4.69) is 20.6 Å². The zero-order chi connectivity index (χ0) is 12.8. The molecule has 2 heterocycles. The average Bonchev–Trinajstić information content (AvgIpc) is 3.00. The first-order chi connectivity index (χ1) is 8.78. The molecule has 2 aromatic heterocycles. The predicted octanol–water partition coefficient (Wildman–Crippen LogP) is -0.448. The van der Waals surface area contributed by atoms with Crippen molar-refractivity contribution in [3.63, 3.8) is 0 Å². The summed E-state index contributed by atoms with van der Waals surface area (Å²) in [6, 6.07) is 0. The number of carbonyl (C=O) groups excluding carboxylic acids is 1. The second-order valence-corrected chi connectivity index (χ2v) is 4.62. The summed E-state index contributed by atoms with van der Waals surface area (Å²) in [5.74, 6) is -0.0972. The minimum atomic E-state index is -0.0972. The van der Waals surface area contributed by atoms with Crippen molar-refractivity contribution in [3.05, 3.63) is 28.5 Å². The van der Waals surface area contributed by atoms with Crippen LogP contribution in [-0.2, 0) is 24.3 Å². The highest BCUT2D eigenvalue weighted by atomic mass is 32.1. The van der Waals surface area contributed by atoms with Gasteiger partial charge in [-0.3, -0.25) is 4.79 Å². The van der Waals surface area contributed by atoms with Crippen LogP contribution in [0.3, 0.4) is 0 Å². The minimum Gasteiger partial charge on any atom is -0.354 e. The van der Waals surface area contributed by atoms with E-state index in [0.29, 0.717) is 18.8 Å². The molecule has 2 rings (SSSR count). The van der Waals surface area contributed by atoms with Gasteiger partial charge in [-0.2, -0.15) is 0 Å². The smallest absolute Gasteiger partial charge is 0.241 e. The maximum absolute atomic E-state index is 11.6. The van der Waals surface area contributed by atoms with Crippen LogP contribution in [0.25, 0.3) is 0 Å². The van der Waals surface area contributed by atoms with Crippen LogP contribution >= 0.6 is 11.3 Å². The van der Waals surface area contributed by atoms with Gasteiger partial charge in [0.25, 0.3) is 0 Å². The first-order valence-electron chi connectivity index (χ1n) is 5.52. The van der Waals surface area contributed by atoms with Crippen molar-refractivity contribution in [1.82, 2.24) is 25.3 Å². The van der Waals surface area contributed by atoms with E-state index in [1.807, 2.05) is 5.38 Å².